The van der Waals surface area contributed by atoms with Crippen LogP contribution in [0.15, 0.2) is 0 Å². The summed E-state index contributed by atoms with van der Waals surface area (Å²) >= 11 is 0. The van der Waals surface area contributed by atoms with Crippen LogP contribution in [-0.4, -0.2) is 25.3 Å². The summed E-state index contributed by atoms with van der Waals surface area (Å²) in [4.78, 5) is 0. The van der Waals surface area contributed by atoms with Gasteiger partial charge in [-0.05, 0) is 31.7 Å². The topological polar surface area (TPSA) is 21.3 Å². The van der Waals surface area contributed by atoms with Crippen molar-refractivity contribution in [2.24, 2.45) is 11.8 Å². The number of rotatable bonds is 8. The van der Waals surface area contributed by atoms with E-state index in [1.807, 2.05) is 0 Å². The summed E-state index contributed by atoms with van der Waals surface area (Å²) < 4.78 is 5.86. The van der Waals surface area contributed by atoms with Crippen LogP contribution in [0.5, 0.6) is 0 Å². The van der Waals surface area contributed by atoms with Gasteiger partial charge >= 0.3 is 0 Å². The lowest BCUT2D eigenvalue weighted by molar-refractivity contribution is -0.00785. The van der Waals surface area contributed by atoms with Crippen LogP contribution in [-0.2, 0) is 4.74 Å². The fourth-order valence-electron chi connectivity index (χ4n) is 1.95. The molecule has 0 fully saturated rings. The standard InChI is InChI=1S/C13H29NO/c1-7-9-14-12(10(3)4)13(11(5)6)15-8-2/h10-14H,7-9H2,1-6H3. The second kappa shape index (κ2) is 8.12. The minimum Gasteiger partial charge on any atom is -0.377 e. The first kappa shape index (κ1) is 14.9. The van der Waals surface area contributed by atoms with Gasteiger partial charge in [0.25, 0.3) is 0 Å². The molecule has 2 heteroatoms. The van der Waals surface area contributed by atoms with Crippen LogP contribution in [0.4, 0.5) is 0 Å². The van der Waals surface area contributed by atoms with E-state index in [0.717, 1.165) is 13.2 Å². The number of hydrogen-bond donors (Lipinski definition) is 1. The summed E-state index contributed by atoms with van der Waals surface area (Å²) in [5, 5.41) is 3.61. The summed E-state index contributed by atoms with van der Waals surface area (Å²) in [5.41, 5.74) is 0. The molecule has 2 atom stereocenters. The molecule has 0 saturated heterocycles. The van der Waals surface area contributed by atoms with Gasteiger partial charge in [-0.25, -0.2) is 0 Å². The molecule has 0 aliphatic carbocycles. The maximum absolute atomic E-state index is 5.86. The van der Waals surface area contributed by atoms with Crippen LogP contribution >= 0.6 is 0 Å². The molecule has 2 unspecified atom stereocenters. The molecule has 15 heavy (non-hydrogen) atoms. The summed E-state index contributed by atoms with van der Waals surface area (Å²) in [7, 11) is 0. The molecule has 0 spiro atoms. The predicted octanol–water partition coefficient (Wildman–Crippen LogP) is 3.07. The van der Waals surface area contributed by atoms with Crippen molar-refractivity contribution in [3.05, 3.63) is 0 Å². The molecule has 1 N–H and O–H groups in total. The molecule has 0 radical (unpaired) electrons. The van der Waals surface area contributed by atoms with E-state index in [-0.39, 0.29) is 0 Å². The lowest BCUT2D eigenvalue weighted by Gasteiger charge is -2.33. The van der Waals surface area contributed by atoms with Gasteiger partial charge in [0.1, 0.15) is 0 Å². The monoisotopic (exact) mass is 215 g/mol. The Morgan fingerprint density at radius 2 is 1.60 bits per heavy atom. The highest BCUT2D eigenvalue weighted by Crippen LogP contribution is 2.17. The Balaban J connectivity index is 4.37. The Morgan fingerprint density at radius 1 is 1.00 bits per heavy atom. The van der Waals surface area contributed by atoms with Crippen molar-refractivity contribution in [1.82, 2.24) is 5.32 Å². The first-order valence-corrected chi connectivity index (χ1v) is 6.39. The molecule has 0 aliphatic heterocycles. The Kier molecular flexibility index (Phi) is 8.07. The van der Waals surface area contributed by atoms with Gasteiger partial charge in [0.2, 0.25) is 0 Å². The van der Waals surface area contributed by atoms with Crippen molar-refractivity contribution in [1.29, 1.82) is 0 Å². The van der Waals surface area contributed by atoms with E-state index in [0.29, 0.717) is 24.0 Å². The smallest absolute Gasteiger partial charge is 0.0753 e. The highest BCUT2D eigenvalue weighted by atomic mass is 16.5. The minimum atomic E-state index is 0.335. The summed E-state index contributed by atoms with van der Waals surface area (Å²) in [6.45, 7) is 15.2. The van der Waals surface area contributed by atoms with E-state index < -0.39 is 0 Å². The largest absolute Gasteiger partial charge is 0.377 e. The molecule has 0 aliphatic rings. The quantitative estimate of drug-likeness (QED) is 0.672. The van der Waals surface area contributed by atoms with E-state index in [4.69, 9.17) is 4.74 Å². The average Bonchev–Trinajstić information content (AvgIpc) is 2.16. The molecule has 0 aromatic carbocycles. The van der Waals surface area contributed by atoms with Gasteiger partial charge in [-0.1, -0.05) is 34.6 Å². The van der Waals surface area contributed by atoms with Crippen molar-refractivity contribution in [3.8, 4) is 0 Å². The predicted molar refractivity (Wildman–Crippen MR) is 67.2 cm³/mol. The second-order valence-electron chi connectivity index (χ2n) is 4.89. The molecule has 0 aromatic rings. The highest BCUT2D eigenvalue weighted by Gasteiger charge is 2.26. The van der Waals surface area contributed by atoms with Gasteiger partial charge in [-0.3, -0.25) is 0 Å². The SMILES string of the molecule is CCCNC(C(C)C)C(OCC)C(C)C. The number of hydrogen-bond acceptors (Lipinski definition) is 2. The Hall–Kier alpha value is -0.0800. The zero-order valence-corrected chi connectivity index (χ0v) is 11.3. The van der Waals surface area contributed by atoms with Crippen molar-refractivity contribution >= 4 is 0 Å². The van der Waals surface area contributed by atoms with E-state index in [9.17, 15) is 0 Å². The molecule has 0 heterocycles. The summed E-state index contributed by atoms with van der Waals surface area (Å²) in [6.07, 6.45) is 1.52. The molecule has 0 aromatic heterocycles. The van der Waals surface area contributed by atoms with Crippen LogP contribution in [0.3, 0.4) is 0 Å². The third kappa shape index (κ3) is 5.53. The maximum Gasteiger partial charge on any atom is 0.0753 e. The third-order valence-electron chi connectivity index (χ3n) is 2.72. The van der Waals surface area contributed by atoms with Crippen LogP contribution < -0.4 is 5.32 Å². The molecule has 0 rings (SSSR count). The number of nitrogens with one attached hydrogen (secondary N) is 1. The lowest BCUT2D eigenvalue weighted by atomic mass is 9.91. The van der Waals surface area contributed by atoms with Gasteiger partial charge in [-0.15, -0.1) is 0 Å². The normalized spacial score (nSPS) is 16.0. The fraction of sp³-hybridized carbons (Fsp3) is 1.00. The van der Waals surface area contributed by atoms with E-state index >= 15 is 0 Å². The second-order valence-corrected chi connectivity index (χ2v) is 4.89. The minimum absolute atomic E-state index is 0.335. The highest BCUT2D eigenvalue weighted by molar-refractivity contribution is 4.82. The van der Waals surface area contributed by atoms with Gasteiger partial charge < -0.3 is 10.1 Å². The van der Waals surface area contributed by atoms with Gasteiger partial charge in [-0.2, -0.15) is 0 Å². The fourth-order valence-corrected chi connectivity index (χ4v) is 1.95. The molecule has 0 saturated carbocycles. The Labute approximate surface area is 95.8 Å². The van der Waals surface area contributed by atoms with E-state index in [1.54, 1.807) is 0 Å². The number of ether oxygens (including phenoxy) is 1. The zero-order chi connectivity index (χ0) is 11.8. The first-order valence-electron chi connectivity index (χ1n) is 6.39. The molecule has 0 amide bonds. The molecule has 2 nitrogen and oxygen atoms in total. The van der Waals surface area contributed by atoms with Crippen molar-refractivity contribution in [3.63, 3.8) is 0 Å². The van der Waals surface area contributed by atoms with Gasteiger partial charge in [0.05, 0.1) is 6.10 Å². The van der Waals surface area contributed by atoms with E-state index in [1.165, 1.54) is 6.42 Å². The summed E-state index contributed by atoms with van der Waals surface area (Å²) in [5.74, 6) is 1.19. The van der Waals surface area contributed by atoms with Gasteiger partial charge in [0.15, 0.2) is 0 Å². The Bertz CT molecular complexity index is 145. The zero-order valence-electron chi connectivity index (χ0n) is 11.3. The molecule has 92 valence electrons. The Morgan fingerprint density at radius 3 is 1.93 bits per heavy atom. The molecular weight excluding hydrogens is 186 g/mol. The third-order valence-corrected chi connectivity index (χ3v) is 2.72. The van der Waals surface area contributed by atoms with Gasteiger partial charge in [0, 0.05) is 12.6 Å². The van der Waals surface area contributed by atoms with Crippen LogP contribution in [0, 0.1) is 11.8 Å². The van der Waals surface area contributed by atoms with Crippen LogP contribution in [0.25, 0.3) is 0 Å². The summed E-state index contributed by atoms with van der Waals surface area (Å²) in [6, 6.07) is 0.477. The van der Waals surface area contributed by atoms with Crippen LogP contribution in [0.2, 0.25) is 0 Å². The molecule has 0 bridgehead atoms. The van der Waals surface area contributed by atoms with Crippen molar-refractivity contribution < 1.29 is 4.74 Å². The first-order chi connectivity index (χ1) is 7.04. The lowest BCUT2D eigenvalue weighted by Crippen LogP contribution is -2.47. The van der Waals surface area contributed by atoms with Crippen molar-refractivity contribution in [2.45, 2.75) is 60.1 Å². The van der Waals surface area contributed by atoms with E-state index in [2.05, 4.69) is 46.9 Å². The molecular formula is C13H29NO. The van der Waals surface area contributed by atoms with Crippen molar-refractivity contribution in [2.75, 3.05) is 13.2 Å². The maximum atomic E-state index is 5.86. The van der Waals surface area contributed by atoms with Crippen LogP contribution in [0.1, 0.15) is 48.0 Å². The average molecular weight is 215 g/mol.